The molecule has 0 fully saturated rings. The van der Waals surface area contributed by atoms with Crippen LogP contribution in [-0.2, 0) is 0 Å². The maximum atomic E-state index is 13.6. The van der Waals surface area contributed by atoms with Gasteiger partial charge in [-0.2, -0.15) is 0 Å². The van der Waals surface area contributed by atoms with Gasteiger partial charge >= 0.3 is 0 Å². The zero-order chi connectivity index (χ0) is 13.1. The van der Waals surface area contributed by atoms with Crippen LogP contribution in [0.15, 0.2) is 52.3 Å². The second-order valence-corrected chi connectivity index (χ2v) is 4.94. The fourth-order valence-electron chi connectivity index (χ4n) is 1.66. The van der Waals surface area contributed by atoms with Crippen molar-refractivity contribution in [3.63, 3.8) is 0 Å². The largest absolute Gasteiger partial charge is 0.389 e. The zero-order valence-corrected chi connectivity index (χ0v) is 10.5. The Hall–Kier alpha value is -1.39. The summed E-state index contributed by atoms with van der Waals surface area (Å²) in [7, 11) is 0. The van der Waals surface area contributed by atoms with Crippen molar-refractivity contribution >= 4 is 11.8 Å². The van der Waals surface area contributed by atoms with Gasteiger partial charge in [0.1, 0.15) is 11.6 Å². The first-order valence-corrected chi connectivity index (χ1v) is 6.30. The fourth-order valence-corrected chi connectivity index (χ4v) is 2.73. The van der Waals surface area contributed by atoms with E-state index < -0.39 is 11.9 Å². The van der Waals surface area contributed by atoms with Crippen LogP contribution in [-0.4, -0.2) is 5.11 Å². The minimum Gasteiger partial charge on any atom is -0.389 e. The Morgan fingerprint density at radius 1 is 0.944 bits per heavy atom. The highest BCUT2D eigenvalue weighted by molar-refractivity contribution is 7.99. The number of aliphatic hydroxyl groups excluding tert-OH is 1. The third-order valence-corrected chi connectivity index (χ3v) is 3.61. The van der Waals surface area contributed by atoms with Crippen LogP contribution < -0.4 is 0 Å². The van der Waals surface area contributed by atoms with Crippen molar-refractivity contribution in [1.82, 2.24) is 0 Å². The summed E-state index contributed by atoms with van der Waals surface area (Å²) >= 11 is 1.11. The Balaban J connectivity index is 2.41. The normalized spacial score (nSPS) is 12.4. The van der Waals surface area contributed by atoms with Crippen LogP contribution in [0.25, 0.3) is 0 Å². The van der Waals surface area contributed by atoms with E-state index in [-0.39, 0.29) is 11.4 Å². The van der Waals surface area contributed by atoms with Gasteiger partial charge in [0.15, 0.2) is 0 Å². The van der Waals surface area contributed by atoms with E-state index in [0.29, 0.717) is 9.79 Å². The second-order valence-electron chi connectivity index (χ2n) is 3.86. The van der Waals surface area contributed by atoms with Crippen molar-refractivity contribution in [3.05, 3.63) is 59.7 Å². The lowest BCUT2D eigenvalue weighted by molar-refractivity contribution is 0.191. The van der Waals surface area contributed by atoms with Crippen molar-refractivity contribution in [2.24, 2.45) is 0 Å². The van der Waals surface area contributed by atoms with Crippen LogP contribution in [0.3, 0.4) is 0 Å². The average Bonchev–Trinajstić information content (AvgIpc) is 2.31. The quantitative estimate of drug-likeness (QED) is 0.899. The summed E-state index contributed by atoms with van der Waals surface area (Å²) in [6, 6.07) is 10.8. The number of halogens is 2. The Morgan fingerprint density at radius 3 is 2.22 bits per heavy atom. The third kappa shape index (κ3) is 2.71. The lowest BCUT2D eigenvalue weighted by Gasteiger charge is -2.12. The van der Waals surface area contributed by atoms with Crippen LogP contribution in [0.1, 0.15) is 18.6 Å². The van der Waals surface area contributed by atoms with E-state index in [1.54, 1.807) is 30.3 Å². The van der Waals surface area contributed by atoms with E-state index in [1.165, 1.54) is 19.1 Å². The lowest BCUT2D eigenvalue weighted by Crippen LogP contribution is -1.98. The molecule has 0 radical (unpaired) electrons. The van der Waals surface area contributed by atoms with E-state index in [1.807, 2.05) is 0 Å². The molecule has 2 rings (SSSR count). The summed E-state index contributed by atoms with van der Waals surface area (Å²) in [5, 5.41) is 9.59. The molecule has 0 saturated heterocycles. The number of rotatable bonds is 3. The summed E-state index contributed by atoms with van der Waals surface area (Å²) in [4.78, 5) is 0.931. The van der Waals surface area contributed by atoms with Crippen LogP contribution in [0.4, 0.5) is 8.78 Å². The maximum Gasteiger partial charge on any atom is 0.137 e. The smallest absolute Gasteiger partial charge is 0.137 e. The van der Waals surface area contributed by atoms with Gasteiger partial charge in [0.05, 0.1) is 6.10 Å². The standard InChI is InChI=1S/C14H12F2OS/c1-9(17)14-11(16)6-4-8-13(14)18-12-7-3-2-5-10(12)15/h2-9,17H,1H3. The summed E-state index contributed by atoms with van der Waals surface area (Å²) in [6.45, 7) is 1.49. The molecule has 94 valence electrons. The van der Waals surface area contributed by atoms with Crippen molar-refractivity contribution in [3.8, 4) is 0 Å². The van der Waals surface area contributed by atoms with Gasteiger partial charge < -0.3 is 5.11 Å². The van der Waals surface area contributed by atoms with Gasteiger partial charge in [-0.05, 0) is 31.2 Å². The summed E-state index contributed by atoms with van der Waals surface area (Å²) in [5.41, 5.74) is 0.200. The summed E-state index contributed by atoms with van der Waals surface area (Å²) in [5.74, 6) is -0.838. The monoisotopic (exact) mass is 266 g/mol. The molecule has 0 amide bonds. The lowest BCUT2D eigenvalue weighted by atomic mass is 10.1. The van der Waals surface area contributed by atoms with E-state index in [2.05, 4.69) is 0 Å². The van der Waals surface area contributed by atoms with Gasteiger partial charge in [-0.3, -0.25) is 0 Å². The first kappa shape index (κ1) is 13.1. The molecule has 0 aromatic heterocycles. The van der Waals surface area contributed by atoms with Gasteiger partial charge in [-0.1, -0.05) is 30.0 Å². The van der Waals surface area contributed by atoms with Crippen LogP contribution in [0.2, 0.25) is 0 Å². The van der Waals surface area contributed by atoms with Gasteiger partial charge in [0, 0.05) is 15.4 Å². The minimum absolute atomic E-state index is 0.200. The first-order chi connectivity index (χ1) is 8.59. The molecule has 4 heteroatoms. The Bertz CT molecular complexity index is 555. The van der Waals surface area contributed by atoms with Gasteiger partial charge in [0.25, 0.3) is 0 Å². The molecule has 1 atom stereocenters. The first-order valence-electron chi connectivity index (χ1n) is 5.48. The molecule has 2 aromatic carbocycles. The Labute approximate surface area is 108 Å². The predicted octanol–water partition coefficient (Wildman–Crippen LogP) is 4.17. The van der Waals surface area contributed by atoms with E-state index in [4.69, 9.17) is 0 Å². The molecule has 0 saturated carbocycles. The Kier molecular flexibility index (Phi) is 3.99. The summed E-state index contributed by atoms with van der Waals surface area (Å²) in [6.07, 6.45) is -0.930. The highest BCUT2D eigenvalue weighted by Crippen LogP contribution is 2.35. The molecule has 1 N–H and O–H groups in total. The highest BCUT2D eigenvalue weighted by atomic mass is 32.2. The fraction of sp³-hybridized carbons (Fsp3) is 0.143. The van der Waals surface area contributed by atoms with Crippen molar-refractivity contribution in [2.75, 3.05) is 0 Å². The second kappa shape index (κ2) is 5.50. The zero-order valence-electron chi connectivity index (χ0n) is 9.73. The number of benzene rings is 2. The molecule has 0 aliphatic carbocycles. The average molecular weight is 266 g/mol. The van der Waals surface area contributed by atoms with Crippen LogP contribution in [0, 0.1) is 11.6 Å². The van der Waals surface area contributed by atoms with E-state index >= 15 is 0 Å². The van der Waals surface area contributed by atoms with Crippen molar-refractivity contribution < 1.29 is 13.9 Å². The minimum atomic E-state index is -0.930. The molecule has 18 heavy (non-hydrogen) atoms. The van der Waals surface area contributed by atoms with Crippen LogP contribution >= 0.6 is 11.8 Å². The molecular formula is C14H12F2OS. The molecular weight excluding hydrogens is 254 g/mol. The van der Waals surface area contributed by atoms with Gasteiger partial charge in [0.2, 0.25) is 0 Å². The molecule has 2 aromatic rings. The summed E-state index contributed by atoms with van der Waals surface area (Å²) < 4.78 is 27.2. The topological polar surface area (TPSA) is 20.2 Å². The number of hydrogen-bond acceptors (Lipinski definition) is 2. The maximum absolute atomic E-state index is 13.6. The predicted molar refractivity (Wildman–Crippen MR) is 67.6 cm³/mol. The molecule has 0 bridgehead atoms. The van der Waals surface area contributed by atoms with E-state index in [9.17, 15) is 13.9 Å². The van der Waals surface area contributed by atoms with Crippen LogP contribution in [0.5, 0.6) is 0 Å². The molecule has 0 spiro atoms. The molecule has 1 unspecified atom stereocenters. The SMILES string of the molecule is CC(O)c1c(F)cccc1Sc1ccccc1F. The van der Waals surface area contributed by atoms with Crippen molar-refractivity contribution in [2.45, 2.75) is 22.8 Å². The number of aliphatic hydroxyl groups is 1. The molecule has 0 aliphatic heterocycles. The highest BCUT2D eigenvalue weighted by Gasteiger charge is 2.15. The van der Waals surface area contributed by atoms with Gasteiger partial charge in [-0.15, -0.1) is 0 Å². The van der Waals surface area contributed by atoms with E-state index in [0.717, 1.165) is 11.8 Å². The molecule has 0 aliphatic rings. The Morgan fingerprint density at radius 2 is 1.56 bits per heavy atom. The molecule has 1 nitrogen and oxygen atoms in total. The van der Waals surface area contributed by atoms with Crippen molar-refractivity contribution in [1.29, 1.82) is 0 Å². The number of hydrogen-bond donors (Lipinski definition) is 1. The van der Waals surface area contributed by atoms with Gasteiger partial charge in [-0.25, -0.2) is 8.78 Å². The third-order valence-electron chi connectivity index (χ3n) is 2.49. The molecule has 0 heterocycles.